The van der Waals surface area contributed by atoms with Crippen molar-refractivity contribution in [3.05, 3.63) is 33.4 Å². The first-order valence-corrected chi connectivity index (χ1v) is 7.35. The van der Waals surface area contributed by atoms with Crippen LogP contribution in [-0.2, 0) is 6.54 Å². The van der Waals surface area contributed by atoms with Crippen molar-refractivity contribution in [2.45, 2.75) is 20.4 Å². The fourth-order valence-electron chi connectivity index (χ4n) is 1.72. The molecule has 0 saturated carbocycles. The van der Waals surface area contributed by atoms with Crippen LogP contribution < -0.4 is 10.5 Å². The van der Waals surface area contributed by atoms with Gasteiger partial charge in [0.2, 0.25) is 0 Å². The van der Waals surface area contributed by atoms with Gasteiger partial charge in [0, 0.05) is 6.54 Å². The smallest absolute Gasteiger partial charge is 0.125 e. The highest BCUT2D eigenvalue weighted by atomic mass is 79.9. The van der Waals surface area contributed by atoms with Gasteiger partial charge in [-0.3, -0.25) is 0 Å². The summed E-state index contributed by atoms with van der Waals surface area (Å²) >= 11 is 5.10. The highest BCUT2D eigenvalue weighted by Crippen LogP contribution is 2.35. The Bertz CT molecular complexity index is 554. The Kier molecular flexibility index (Phi) is 4.37. The molecule has 0 aliphatic carbocycles. The van der Waals surface area contributed by atoms with Crippen LogP contribution in [0, 0.1) is 6.92 Å². The number of rotatable bonds is 4. The van der Waals surface area contributed by atoms with E-state index in [0.717, 1.165) is 31.4 Å². The minimum absolute atomic E-state index is 0.472. The van der Waals surface area contributed by atoms with Gasteiger partial charge in [0.25, 0.3) is 0 Å². The van der Waals surface area contributed by atoms with Gasteiger partial charge in [-0.25, -0.2) is 4.98 Å². The van der Waals surface area contributed by atoms with E-state index in [4.69, 9.17) is 10.5 Å². The first-order chi connectivity index (χ1) is 8.65. The maximum absolute atomic E-state index is 5.61. The van der Waals surface area contributed by atoms with Crippen molar-refractivity contribution in [3.8, 4) is 16.2 Å². The van der Waals surface area contributed by atoms with Crippen molar-refractivity contribution in [3.63, 3.8) is 0 Å². The zero-order chi connectivity index (χ0) is 13.1. The van der Waals surface area contributed by atoms with Gasteiger partial charge in [-0.2, -0.15) is 0 Å². The SMILES string of the molecule is CCOc1ccc(-c2sc(CN)nc2Br)cc1C. The van der Waals surface area contributed by atoms with Crippen LogP contribution in [0.5, 0.6) is 5.75 Å². The van der Waals surface area contributed by atoms with Crippen molar-refractivity contribution >= 4 is 27.3 Å². The number of hydrogen-bond donors (Lipinski definition) is 1. The van der Waals surface area contributed by atoms with E-state index in [0.29, 0.717) is 13.2 Å². The van der Waals surface area contributed by atoms with Crippen LogP contribution in [0.15, 0.2) is 22.8 Å². The lowest BCUT2D eigenvalue weighted by Gasteiger charge is -2.08. The molecule has 1 heterocycles. The van der Waals surface area contributed by atoms with Gasteiger partial charge in [-0.15, -0.1) is 11.3 Å². The van der Waals surface area contributed by atoms with Gasteiger partial charge in [-0.05, 0) is 59.1 Å². The second-order valence-corrected chi connectivity index (χ2v) is 5.68. The Hall–Kier alpha value is -0.910. The Morgan fingerprint density at radius 2 is 2.22 bits per heavy atom. The Labute approximate surface area is 119 Å². The summed E-state index contributed by atoms with van der Waals surface area (Å²) in [6.45, 7) is 5.19. The van der Waals surface area contributed by atoms with Crippen molar-refractivity contribution in [1.82, 2.24) is 4.98 Å². The molecule has 2 aromatic rings. The Balaban J connectivity index is 2.38. The van der Waals surface area contributed by atoms with Gasteiger partial charge in [0.1, 0.15) is 15.4 Å². The summed E-state index contributed by atoms with van der Waals surface area (Å²) in [5.74, 6) is 0.931. The number of hydrogen-bond acceptors (Lipinski definition) is 4. The molecule has 0 spiro atoms. The molecule has 0 aliphatic heterocycles. The molecule has 2 N–H and O–H groups in total. The minimum atomic E-state index is 0.472. The molecule has 5 heteroatoms. The molecule has 0 atom stereocenters. The van der Waals surface area contributed by atoms with E-state index in [-0.39, 0.29) is 0 Å². The quantitative estimate of drug-likeness (QED) is 0.931. The average Bonchev–Trinajstić information content (AvgIpc) is 2.73. The second-order valence-electron chi connectivity index (χ2n) is 3.84. The van der Waals surface area contributed by atoms with Crippen molar-refractivity contribution in [2.24, 2.45) is 5.73 Å². The molecule has 0 amide bonds. The molecule has 0 radical (unpaired) electrons. The van der Waals surface area contributed by atoms with E-state index < -0.39 is 0 Å². The van der Waals surface area contributed by atoms with Gasteiger partial charge in [0.05, 0.1) is 11.5 Å². The molecule has 1 aromatic heterocycles. The van der Waals surface area contributed by atoms with E-state index >= 15 is 0 Å². The lowest BCUT2D eigenvalue weighted by Crippen LogP contribution is -1.93. The summed E-state index contributed by atoms with van der Waals surface area (Å²) < 4.78 is 6.40. The zero-order valence-electron chi connectivity index (χ0n) is 10.4. The molecule has 96 valence electrons. The number of aromatic nitrogens is 1. The third-order valence-electron chi connectivity index (χ3n) is 2.54. The standard InChI is InChI=1S/C13H15BrN2OS/c1-3-17-10-5-4-9(6-8(10)2)12-13(14)16-11(7-15)18-12/h4-6H,3,7,15H2,1-2H3. The Morgan fingerprint density at radius 3 is 2.78 bits per heavy atom. The van der Waals surface area contributed by atoms with E-state index in [1.807, 2.05) is 19.9 Å². The third kappa shape index (κ3) is 2.74. The van der Waals surface area contributed by atoms with E-state index in [9.17, 15) is 0 Å². The average molecular weight is 327 g/mol. The molecule has 0 unspecified atom stereocenters. The number of halogens is 1. The molecule has 2 rings (SSSR count). The number of aryl methyl sites for hydroxylation is 1. The number of ether oxygens (including phenoxy) is 1. The highest BCUT2D eigenvalue weighted by molar-refractivity contribution is 9.10. The molecular weight excluding hydrogens is 312 g/mol. The summed E-state index contributed by atoms with van der Waals surface area (Å²) in [5.41, 5.74) is 7.88. The van der Waals surface area contributed by atoms with Crippen LogP contribution in [0.25, 0.3) is 10.4 Å². The summed E-state index contributed by atoms with van der Waals surface area (Å²) in [7, 11) is 0. The topological polar surface area (TPSA) is 48.1 Å². The van der Waals surface area contributed by atoms with Gasteiger partial charge >= 0.3 is 0 Å². The molecule has 3 nitrogen and oxygen atoms in total. The molecular formula is C13H15BrN2OS. The largest absolute Gasteiger partial charge is 0.494 e. The molecule has 18 heavy (non-hydrogen) atoms. The van der Waals surface area contributed by atoms with Crippen LogP contribution in [0.2, 0.25) is 0 Å². The molecule has 0 bridgehead atoms. The fourth-order valence-corrected chi connectivity index (χ4v) is 3.35. The van der Waals surface area contributed by atoms with Crippen LogP contribution in [0.3, 0.4) is 0 Å². The van der Waals surface area contributed by atoms with Gasteiger partial charge in [0.15, 0.2) is 0 Å². The Morgan fingerprint density at radius 1 is 1.44 bits per heavy atom. The molecule has 0 saturated heterocycles. The summed E-state index contributed by atoms with van der Waals surface area (Å²) in [6, 6.07) is 6.17. The molecule has 1 aromatic carbocycles. The maximum Gasteiger partial charge on any atom is 0.125 e. The first kappa shape index (κ1) is 13.5. The van der Waals surface area contributed by atoms with Crippen LogP contribution in [0.1, 0.15) is 17.5 Å². The summed E-state index contributed by atoms with van der Waals surface area (Å²) in [4.78, 5) is 5.49. The van der Waals surface area contributed by atoms with Crippen molar-refractivity contribution in [1.29, 1.82) is 0 Å². The molecule has 0 aliphatic rings. The summed E-state index contributed by atoms with van der Waals surface area (Å²) in [5, 5.41) is 0.934. The van der Waals surface area contributed by atoms with Gasteiger partial charge in [-0.1, -0.05) is 0 Å². The van der Waals surface area contributed by atoms with Gasteiger partial charge < -0.3 is 10.5 Å². The van der Waals surface area contributed by atoms with E-state index in [1.54, 1.807) is 11.3 Å². The predicted octanol–water partition coefficient (Wildman–Crippen LogP) is 3.74. The zero-order valence-corrected chi connectivity index (χ0v) is 12.8. The maximum atomic E-state index is 5.61. The monoisotopic (exact) mass is 326 g/mol. The molecule has 0 fully saturated rings. The highest BCUT2D eigenvalue weighted by Gasteiger charge is 2.11. The minimum Gasteiger partial charge on any atom is -0.494 e. The van der Waals surface area contributed by atoms with Crippen LogP contribution in [0.4, 0.5) is 0 Å². The van der Waals surface area contributed by atoms with E-state index in [2.05, 4.69) is 33.0 Å². The van der Waals surface area contributed by atoms with Crippen LogP contribution >= 0.6 is 27.3 Å². The van der Waals surface area contributed by atoms with E-state index in [1.165, 1.54) is 0 Å². The first-order valence-electron chi connectivity index (χ1n) is 5.74. The fraction of sp³-hybridized carbons (Fsp3) is 0.308. The second kappa shape index (κ2) is 5.82. The summed E-state index contributed by atoms with van der Waals surface area (Å²) in [6.07, 6.45) is 0. The number of thiazole rings is 1. The number of benzene rings is 1. The lowest BCUT2D eigenvalue weighted by atomic mass is 10.1. The number of nitrogens with two attached hydrogens (primary N) is 1. The number of nitrogens with zero attached hydrogens (tertiary/aromatic N) is 1. The van der Waals surface area contributed by atoms with Crippen molar-refractivity contribution in [2.75, 3.05) is 6.61 Å². The normalized spacial score (nSPS) is 10.7. The van der Waals surface area contributed by atoms with Crippen molar-refractivity contribution < 1.29 is 4.74 Å². The third-order valence-corrected chi connectivity index (χ3v) is 4.50. The van der Waals surface area contributed by atoms with Crippen LogP contribution in [-0.4, -0.2) is 11.6 Å². The lowest BCUT2D eigenvalue weighted by molar-refractivity contribution is 0.338. The predicted molar refractivity (Wildman–Crippen MR) is 79.0 cm³/mol.